The number of halogens is 2. The molecule has 0 spiro atoms. The molecule has 26 heavy (non-hydrogen) atoms. The van der Waals surface area contributed by atoms with Crippen molar-refractivity contribution in [2.45, 2.75) is 25.3 Å². The van der Waals surface area contributed by atoms with E-state index in [4.69, 9.17) is 23.2 Å². The lowest BCUT2D eigenvalue weighted by Gasteiger charge is -2.34. The first-order chi connectivity index (χ1) is 12.3. The summed E-state index contributed by atoms with van der Waals surface area (Å²) in [4.78, 5) is 2.59. The minimum Gasteiger partial charge on any atom is -0.296 e. The minimum atomic E-state index is -3.47. The molecule has 0 aromatic heterocycles. The smallest absolute Gasteiger partial charge is 0.243 e. The normalized spacial score (nSPS) is 16.8. The lowest BCUT2D eigenvalue weighted by Crippen LogP contribution is -2.48. The van der Waals surface area contributed by atoms with Crippen molar-refractivity contribution in [1.29, 1.82) is 0 Å². The second-order valence-electron chi connectivity index (χ2n) is 6.65. The predicted octanol–water partition coefficient (Wildman–Crippen LogP) is 4.12. The zero-order valence-electron chi connectivity index (χ0n) is 14.9. The van der Waals surface area contributed by atoms with Crippen LogP contribution in [-0.4, -0.2) is 43.8 Å². The van der Waals surface area contributed by atoms with Crippen molar-refractivity contribution in [3.8, 4) is 0 Å². The minimum absolute atomic E-state index is 0.403. The summed E-state index contributed by atoms with van der Waals surface area (Å²) in [5.41, 5.74) is 2.61. The van der Waals surface area contributed by atoms with E-state index in [1.807, 2.05) is 44.2 Å². The Hall–Kier alpha value is -1.11. The fourth-order valence-corrected chi connectivity index (χ4v) is 5.41. The molecule has 0 saturated carbocycles. The fourth-order valence-electron chi connectivity index (χ4n) is 3.16. The first kappa shape index (κ1) is 19.6. The average Bonchev–Trinajstić information content (AvgIpc) is 2.61. The van der Waals surface area contributed by atoms with Crippen LogP contribution in [0.2, 0.25) is 10.0 Å². The SMILES string of the molecule is Cc1ccc(C)c(S(=O)(=O)N2CCN(Cc3c(Cl)cccc3Cl)CC2)c1. The third-order valence-electron chi connectivity index (χ3n) is 4.74. The molecule has 2 aromatic carbocycles. The predicted molar refractivity (Wildman–Crippen MR) is 106 cm³/mol. The molecule has 1 fully saturated rings. The van der Waals surface area contributed by atoms with Crippen LogP contribution in [-0.2, 0) is 16.6 Å². The molecule has 0 unspecified atom stereocenters. The molecule has 3 rings (SSSR count). The van der Waals surface area contributed by atoms with Crippen LogP contribution in [0.4, 0.5) is 0 Å². The van der Waals surface area contributed by atoms with Crippen molar-refractivity contribution < 1.29 is 8.42 Å². The Kier molecular flexibility index (Phi) is 5.94. The van der Waals surface area contributed by atoms with E-state index in [9.17, 15) is 8.42 Å². The highest BCUT2D eigenvalue weighted by Gasteiger charge is 2.30. The molecule has 1 heterocycles. The van der Waals surface area contributed by atoms with Crippen molar-refractivity contribution in [1.82, 2.24) is 9.21 Å². The molecule has 0 atom stereocenters. The van der Waals surface area contributed by atoms with Crippen LogP contribution in [0.5, 0.6) is 0 Å². The van der Waals surface area contributed by atoms with Crippen molar-refractivity contribution in [3.63, 3.8) is 0 Å². The topological polar surface area (TPSA) is 40.6 Å². The summed E-state index contributed by atoms with van der Waals surface area (Å²) in [6.07, 6.45) is 0. The van der Waals surface area contributed by atoms with Crippen molar-refractivity contribution in [2.75, 3.05) is 26.2 Å². The Morgan fingerprint density at radius 3 is 2.19 bits per heavy atom. The zero-order valence-corrected chi connectivity index (χ0v) is 17.2. The number of rotatable bonds is 4. The summed E-state index contributed by atoms with van der Waals surface area (Å²) in [5, 5.41) is 1.28. The van der Waals surface area contributed by atoms with Crippen molar-refractivity contribution >= 4 is 33.2 Å². The molecule has 0 amide bonds. The van der Waals surface area contributed by atoms with Crippen LogP contribution in [0.1, 0.15) is 16.7 Å². The van der Waals surface area contributed by atoms with Gasteiger partial charge in [-0.1, -0.05) is 41.4 Å². The molecule has 0 aliphatic carbocycles. The van der Waals surface area contributed by atoms with Crippen LogP contribution < -0.4 is 0 Å². The van der Waals surface area contributed by atoms with Gasteiger partial charge in [-0.3, -0.25) is 4.90 Å². The van der Waals surface area contributed by atoms with E-state index >= 15 is 0 Å². The second-order valence-corrected chi connectivity index (χ2v) is 9.37. The Bertz CT molecular complexity index is 888. The Morgan fingerprint density at radius 1 is 0.962 bits per heavy atom. The van der Waals surface area contributed by atoms with Gasteiger partial charge in [0.2, 0.25) is 10.0 Å². The highest BCUT2D eigenvalue weighted by atomic mass is 35.5. The van der Waals surface area contributed by atoms with Gasteiger partial charge in [-0.2, -0.15) is 4.31 Å². The van der Waals surface area contributed by atoms with Crippen molar-refractivity contribution in [3.05, 3.63) is 63.1 Å². The molecule has 4 nitrogen and oxygen atoms in total. The molecule has 140 valence electrons. The van der Waals surface area contributed by atoms with Gasteiger partial charge in [0, 0.05) is 48.3 Å². The number of benzene rings is 2. The van der Waals surface area contributed by atoms with E-state index in [1.54, 1.807) is 10.4 Å². The van der Waals surface area contributed by atoms with Crippen LogP contribution in [0.15, 0.2) is 41.3 Å². The number of sulfonamides is 1. The lowest BCUT2D eigenvalue weighted by atomic mass is 10.2. The number of piperazine rings is 1. The van der Waals surface area contributed by atoms with Crippen LogP contribution in [0.25, 0.3) is 0 Å². The first-order valence-electron chi connectivity index (χ1n) is 8.51. The van der Waals surface area contributed by atoms with Gasteiger partial charge in [0.25, 0.3) is 0 Å². The molecule has 1 aliphatic rings. The summed E-state index contributed by atoms with van der Waals surface area (Å²) in [5.74, 6) is 0. The van der Waals surface area contributed by atoms with Crippen LogP contribution in [0.3, 0.4) is 0 Å². The zero-order chi connectivity index (χ0) is 18.9. The van der Waals surface area contributed by atoms with E-state index in [-0.39, 0.29) is 0 Å². The molecule has 7 heteroatoms. The molecular weight excluding hydrogens is 391 g/mol. The summed E-state index contributed by atoms with van der Waals surface area (Å²) in [6, 6.07) is 11.0. The largest absolute Gasteiger partial charge is 0.296 e. The summed E-state index contributed by atoms with van der Waals surface area (Å²) >= 11 is 12.5. The highest BCUT2D eigenvalue weighted by Crippen LogP contribution is 2.27. The van der Waals surface area contributed by atoms with Gasteiger partial charge in [0.05, 0.1) is 4.90 Å². The molecular formula is C19H22Cl2N2O2S. The molecule has 0 radical (unpaired) electrons. The maximum atomic E-state index is 13.0. The van der Waals surface area contributed by atoms with E-state index in [1.165, 1.54) is 0 Å². The molecule has 0 N–H and O–H groups in total. The van der Waals surface area contributed by atoms with Gasteiger partial charge in [-0.05, 0) is 43.2 Å². The van der Waals surface area contributed by atoms with Gasteiger partial charge in [-0.15, -0.1) is 0 Å². The average molecular weight is 413 g/mol. The molecule has 1 aliphatic heterocycles. The lowest BCUT2D eigenvalue weighted by molar-refractivity contribution is 0.181. The standard InChI is InChI=1S/C19H22Cl2N2O2S/c1-14-6-7-15(2)19(12-14)26(24,25)23-10-8-22(9-11-23)13-16-17(20)4-3-5-18(16)21/h3-7,12H,8-11,13H2,1-2H3. The Labute approximate surface area is 165 Å². The Balaban J connectivity index is 1.71. The van der Waals surface area contributed by atoms with E-state index in [0.717, 1.165) is 16.7 Å². The maximum Gasteiger partial charge on any atom is 0.243 e. The number of nitrogens with zero attached hydrogens (tertiary/aromatic N) is 2. The van der Waals surface area contributed by atoms with E-state index in [0.29, 0.717) is 47.7 Å². The summed E-state index contributed by atoms with van der Waals surface area (Å²) in [6.45, 7) is 6.56. The summed E-state index contributed by atoms with van der Waals surface area (Å²) < 4.78 is 27.6. The van der Waals surface area contributed by atoms with Gasteiger partial charge in [-0.25, -0.2) is 8.42 Å². The van der Waals surface area contributed by atoms with Crippen LogP contribution in [0, 0.1) is 13.8 Å². The maximum absolute atomic E-state index is 13.0. The van der Waals surface area contributed by atoms with Gasteiger partial charge < -0.3 is 0 Å². The summed E-state index contributed by atoms with van der Waals surface area (Å²) in [7, 11) is -3.47. The van der Waals surface area contributed by atoms with Crippen LogP contribution >= 0.6 is 23.2 Å². The monoisotopic (exact) mass is 412 g/mol. The molecule has 1 saturated heterocycles. The number of hydrogen-bond acceptors (Lipinski definition) is 3. The van der Waals surface area contributed by atoms with E-state index in [2.05, 4.69) is 4.90 Å². The quantitative estimate of drug-likeness (QED) is 0.757. The number of aryl methyl sites for hydroxylation is 2. The third-order valence-corrected chi connectivity index (χ3v) is 7.48. The third kappa shape index (κ3) is 4.07. The molecule has 0 bridgehead atoms. The van der Waals surface area contributed by atoms with Gasteiger partial charge >= 0.3 is 0 Å². The number of hydrogen-bond donors (Lipinski definition) is 0. The second kappa shape index (κ2) is 7.87. The highest BCUT2D eigenvalue weighted by molar-refractivity contribution is 7.89. The fraction of sp³-hybridized carbons (Fsp3) is 0.368. The van der Waals surface area contributed by atoms with Gasteiger partial charge in [0.1, 0.15) is 0 Å². The Morgan fingerprint density at radius 2 is 1.58 bits per heavy atom. The first-order valence-corrected chi connectivity index (χ1v) is 10.7. The van der Waals surface area contributed by atoms with Crippen molar-refractivity contribution in [2.24, 2.45) is 0 Å². The molecule has 2 aromatic rings. The van der Waals surface area contributed by atoms with Gasteiger partial charge in [0.15, 0.2) is 0 Å². The van der Waals surface area contributed by atoms with E-state index < -0.39 is 10.0 Å².